The summed E-state index contributed by atoms with van der Waals surface area (Å²) in [5, 5.41) is 30.4. The number of carboxylic acids is 2. The highest BCUT2D eigenvalue weighted by atomic mass is 16.5. The van der Waals surface area contributed by atoms with Crippen LogP contribution >= 0.6 is 0 Å². The molecule has 1 amide bonds. The smallest absolute Gasteiger partial charge is 0.414 e. The molecule has 0 aromatic heterocycles. The van der Waals surface area contributed by atoms with Gasteiger partial charge < -0.3 is 40.9 Å². The van der Waals surface area contributed by atoms with Crippen LogP contribution in [-0.4, -0.2) is 77.6 Å². The maximum absolute atomic E-state index is 11.6. The molecule has 0 aliphatic heterocycles. The van der Waals surface area contributed by atoms with Crippen LogP contribution in [-0.2, 0) is 14.4 Å². The van der Waals surface area contributed by atoms with Crippen LogP contribution in [0.1, 0.15) is 0 Å². The number of carbonyl (C=O) groups excluding carboxylic acids is 1. The van der Waals surface area contributed by atoms with Crippen molar-refractivity contribution in [2.24, 2.45) is 0 Å². The SMILES string of the molecule is O.O=C(COc1ccccc1)NCCNCC(O)COc1ccccc1.O=C(O)C(=O)O. The maximum Gasteiger partial charge on any atom is 0.414 e. The molecule has 0 spiro atoms. The number of carbonyl (C=O) groups is 3. The molecule has 11 heteroatoms. The van der Waals surface area contributed by atoms with E-state index in [-0.39, 0.29) is 24.6 Å². The highest BCUT2D eigenvalue weighted by Crippen LogP contribution is 2.08. The third-order valence-corrected chi connectivity index (χ3v) is 3.49. The summed E-state index contributed by atoms with van der Waals surface area (Å²) < 4.78 is 10.8. The second-order valence-electron chi connectivity index (χ2n) is 6.04. The minimum atomic E-state index is -1.82. The van der Waals surface area contributed by atoms with Gasteiger partial charge in [-0.15, -0.1) is 0 Å². The van der Waals surface area contributed by atoms with Gasteiger partial charge in [-0.3, -0.25) is 4.79 Å². The number of hydrogen-bond donors (Lipinski definition) is 5. The molecule has 0 aliphatic rings. The fourth-order valence-electron chi connectivity index (χ4n) is 2.04. The van der Waals surface area contributed by atoms with Gasteiger partial charge in [0.2, 0.25) is 0 Å². The van der Waals surface area contributed by atoms with Crippen LogP contribution in [0.2, 0.25) is 0 Å². The molecule has 7 N–H and O–H groups in total. The molecule has 0 saturated heterocycles. The Bertz CT molecular complexity index is 776. The number of aliphatic hydroxyl groups is 1. The third-order valence-electron chi connectivity index (χ3n) is 3.49. The summed E-state index contributed by atoms with van der Waals surface area (Å²) in [6, 6.07) is 18.5. The van der Waals surface area contributed by atoms with Crippen LogP contribution in [0, 0.1) is 0 Å². The maximum atomic E-state index is 11.6. The van der Waals surface area contributed by atoms with Gasteiger partial charge in [-0.05, 0) is 24.3 Å². The summed E-state index contributed by atoms with van der Waals surface area (Å²) in [5.41, 5.74) is 0. The Morgan fingerprint density at radius 3 is 1.81 bits per heavy atom. The molecule has 0 aliphatic carbocycles. The van der Waals surface area contributed by atoms with E-state index in [0.29, 0.717) is 25.4 Å². The number of aliphatic hydroxyl groups excluding tert-OH is 1. The number of benzene rings is 2. The number of carboxylic acid groups (broad SMARTS) is 2. The molecule has 0 fully saturated rings. The fourth-order valence-corrected chi connectivity index (χ4v) is 2.04. The number of para-hydroxylation sites is 2. The standard InChI is InChI=1S/C19H24N2O4.C2H2O4.H2O/c22-16(14-24-17-7-3-1-4-8-17)13-20-11-12-21-19(23)15-25-18-9-5-2-6-10-18;3-1(4)2(5)6;/h1-10,16,20,22H,11-15H2,(H,21,23);(H,3,4)(H,5,6);1H2. The molecule has 1 unspecified atom stereocenters. The fraction of sp³-hybridized carbons (Fsp3) is 0.286. The Kier molecular flexibility index (Phi) is 15.1. The van der Waals surface area contributed by atoms with E-state index in [1.807, 2.05) is 48.5 Å². The van der Waals surface area contributed by atoms with Gasteiger partial charge >= 0.3 is 11.9 Å². The Hall–Kier alpha value is -3.67. The summed E-state index contributed by atoms with van der Waals surface area (Å²) in [7, 11) is 0. The van der Waals surface area contributed by atoms with Gasteiger partial charge in [0.15, 0.2) is 6.61 Å². The van der Waals surface area contributed by atoms with E-state index in [1.165, 1.54) is 0 Å². The second-order valence-corrected chi connectivity index (χ2v) is 6.04. The van der Waals surface area contributed by atoms with E-state index in [2.05, 4.69) is 10.6 Å². The summed E-state index contributed by atoms with van der Waals surface area (Å²) in [5.74, 6) is -2.44. The highest BCUT2D eigenvalue weighted by molar-refractivity contribution is 6.27. The quantitative estimate of drug-likeness (QED) is 0.222. The number of amides is 1. The van der Waals surface area contributed by atoms with Gasteiger partial charge in [-0.25, -0.2) is 9.59 Å². The van der Waals surface area contributed by atoms with Crippen LogP contribution in [0.5, 0.6) is 11.5 Å². The second kappa shape index (κ2) is 17.1. The molecular formula is C21H28N2O9. The summed E-state index contributed by atoms with van der Waals surface area (Å²) in [6.45, 7) is 1.61. The lowest BCUT2D eigenvalue weighted by Gasteiger charge is -2.13. The van der Waals surface area contributed by atoms with Crippen molar-refractivity contribution in [2.75, 3.05) is 32.8 Å². The third kappa shape index (κ3) is 14.3. The zero-order valence-corrected chi connectivity index (χ0v) is 17.3. The number of aliphatic carboxylic acids is 2. The molecule has 11 nitrogen and oxygen atoms in total. The summed E-state index contributed by atoms with van der Waals surface area (Å²) in [6.07, 6.45) is -0.614. The lowest BCUT2D eigenvalue weighted by Crippen LogP contribution is -2.38. The van der Waals surface area contributed by atoms with Gasteiger partial charge in [0.25, 0.3) is 5.91 Å². The minimum Gasteiger partial charge on any atom is -0.491 e. The first kappa shape index (κ1) is 28.3. The molecule has 2 aromatic carbocycles. The van der Waals surface area contributed by atoms with Gasteiger partial charge in [0.05, 0.1) is 0 Å². The van der Waals surface area contributed by atoms with Gasteiger partial charge in [-0.2, -0.15) is 0 Å². The highest BCUT2D eigenvalue weighted by Gasteiger charge is 2.06. The number of rotatable bonds is 11. The van der Waals surface area contributed by atoms with E-state index in [1.54, 1.807) is 12.1 Å². The largest absolute Gasteiger partial charge is 0.491 e. The van der Waals surface area contributed by atoms with E-state index in [9.17, 15) is 9.90 Å². The van der Waals surface area contributed by atoms with Gasteiger partial charge in [0.1, 0.15) is 24.2 Å². The van der Waals surface area contributed by atoms with Crippen molar-refractivity contribution in [3.63, 3.8) is 0 Å². The Labute approximate surface area is 184 Å². The van der Waals surface area contributed by atoms with E-state index < -0.39 is 18.0 Å². The van der Waals surface area contributed by atoms with Crippen LogP contribution in [0.3, 0.4) is 0 Å². The number of hydrogen-bond acceptors (Lipinski definition) is 7. The number of nitrogens with one attached hydrogen (secondary N) is 2. The molecule has 0 bridgehead atoms. The van der Waals surface area contributed by atoms with Crippen LogP contribution in [0.25, 0.3) is 0 Å². The molecule has 2 aromatic rings. The van der Waals surface area contributed by atoms with E-state index in [0.717, 1.165) is 5.75 Å². The van der Waals surface area contributed by atoms with Crippen LogP contribution in [0.15, 0.2) is 60.7 Å². The van der Waals surface area contributed by atoms with Crippen molar-refractivity contribution in [1.29, 1.82) is 0 Å². The lowest BCUT2D eigenvalue weighted by atomic mass is 10.3. The summed E-state index contributed by atoms with van der Waals surface area (Å²) in [4.78, 5) is 29.8. The zero-order valence-electron chi connectivity index (χ0n) is 17.3. The van der Waals surface area contributed by atoms with Gasteiger partial charge in [-0.1, -0.05) is 36.4 Å². The monoisotopic (exact) mass is 452 g/mol. The lowest BCUT2D eigenvalue weighted by molar-refractivity contribution is -0.159. The molecular weight excluding hydrogens is 424 g/mol. The normalized spacial score (nSPS) is 10.4. The van der Waals surface area contributed by atoms with Crippen molar-refractivity contribution in [3.8, 4) is 11.5 Å². The first-order valence-corrected chi connectivity index (χ1v) is 9.36. The van der Waals surface area contributed by atoms with Crippen molar-refractivity contribution < 1.29 is 44.7 Å². The predicted octanol–water partition coefficient (Wildman–Crippen LogP) is -0.458. The van der Waals surface area contributed by atoms with Crippen molar-refractivity contribution >= 4 is 17.8 Å². The first-order valence-electron chi connectivity index (χ1n) is 9.36. The van der Waals surface area contributed by atoms with Crippen molar-refractivity contribution in [1.82, 2.24) is 10.6 Å². The zero-order chi connectivity index (χ0) is 22.9. The minimum absolute atomic E-state index is 0. The molecule has 0 radical (unpaired) electrons. The molecule has 2 rings (SSSR count). The molecule has 32 heavy (non-hydrogen) atoms. The molecule has 1 atom stereocenters. The van der Waals surface area contributed by atoms with Crippen molar-refractivity contribution in [2.45, 2.75) is 6.10 Å². The van der Waals surface area contributed by atoms with Crippen molar-refractivity contribution in [3.05, 3.63) is 60.7 Å². The Morgan fingerprint density at radius 1 is 0.812 bits per heavy atom. The number of ether oxygens (including phenoxy) is 2. The predicted molar refractivity (Wildman–Crippen MR) is 115 cm³/mol. The van der Waals surface area contributed by atoms with E-state index in [4.69, 9.17) is 29.3 Å². The molecule has 0 saturated carbocycles. The molecule has 176 valence electrons. The first-order chi connectivity index (χ1) is 14.9. The molecule has 0 heterocycles. The van der Waals surface area contributed by atoms with Crippen LogP contribution in [0.4, 0.5) is 0 Å². The average molecular weight is 452 g/mol. The summed E-state index contributed by atoms with van der Waals surface area (Å²) >= 11 is 0. The van der Waals surface area contributed by atoms with E-state index >= 15 is 0 Å². The van der Waals surface area contributed by atoms with Crippen LogP contribution < -0.4 is 20.1 Å². The average Bonchev–Trinajstić information content (AvgIpc) is 2.78. The Morgan fingerprint density at radius 2 is 1.31 bits per heavy atom. The van der Waals surface area contributed by atoms with Gasteiger partial charge in [0, 0.05) is 19.6 Å². The topological polar surface area (TPSA) is 186 Å². The Balaban J connectivity index is 0.00000121.